The van der Waals surface area contributed by atoms with Crippen LogP contribution in [-0.2, 0) is 4.79 Å². The van der Waals surface area contributed by atoms with Crippen LogP contribution in [-0.4, -0.2) is 45.8 Å². The Morgan fingerprint density at radius 2 is 2.10 bits per heavy atom. The molecule has 1 fully saturated rings. The van der Waals surface area contributed by atoms with E-state index in [1.165, 1.54) is 35.9 Å². The largest absolute Gasteiger partial charge is 0.504 e. The van der Waals surface area contributed by atoms with Gasteiger partial charge < -0.3 is 14.9 Å². The Labute approximate surface area is 185 Å². The van der Waals surface area contributed by atoms with Crippen LogP contribution < -0.4 is 4.74 Å². The number of carboxylic acid groups (broad SMARTS) is 1. The Morgan fingerprint density at radius 1 is 1.34 bits per heavy atom. The zero-order valence-corrected chi connectivity index (χ0v) is 18.5. The second-order valence-electron chi connectivity index (χ2n) is 5.96. The van der Waals surface area contributed by atoms with Crippen molar-refractivity contribution >= 4 is 63.2 Å². The SMILES string of the molecule is CCN1C(=O)/C(=C/c2cc(I)c(O)c(OC)c2)SC1=Nc1cccc(C(=O)O)c1. The number of hydrogen-bond acceptors (Lipinski definition) is 6. The number of aliphatic imine (C=N–C) groups is 1. The number of hydrogen-bond donors (Lipinski definition) is 2. The molecule has 1 saturated heterocycles. The Bertz CT molecular complexity index is 1050. The minimum atomic E-state index is -1.04. The molecule has 0 bridgehead atoms. The molecule has 29 heavy (non-hydrogen) atoms. The number of amides is 1. The lowest BCUT2D eigenvalue weighted by molar-refractivity contribution is -0.122. The highest BCUT2D eigenvalue weighted by molar-refractivity contribution is 14.1. The van der Waals surface area contributed by atoms with Crippen molar-refractivity contribution < 1.29 is 24.5 Å². The molecule has 0 aliphatic carbocycles. The number of aromatic hydroxyl groups is 1. The van der Waals surface area contributed by atoms with Gasteiger partial charge in [0.25, 0.3) is 5.91 Å². The normalized spacial score (nSPS) is 16.7. The lowest BCUT2D eigenvalue weighted by atomic mass is 10.2. The van der Waals surface area contributed by atoms with E-state index < -0.39 is 5.97 Å². The Balaban J connectivity index is 1.97. The topological polar surface area (TPSA) is 99.4 Å². The fraction of sp³-hybridized carbons (Fsp3) is 0.150. The maximum Gasteiger partial charge on any atom is 0.335 e. The van der Waals surface area contributed by atoms with Crippen molar-refractivity contribution in [1.82, 2.24) is 4.90 Å². The minimum absolute atomic E-state index is 0.0522. The van der Waals surface area contributed by atoms with Crippen molar-refractivity contribution in [2.45, 2.75) is 6.92 Å². The van der Waals surface area contributed by atoms with E-state index in [4.69, 9.17) is 9.84 Å². The number of nitrogens with zero attached hydrogens (tertiary/aromatic N) is 2. The van der Waals surface area contributed by atoms with Crippen LogP contribution in [0.3, 0.4) is 0 Å². The molecule has 0 atom stereocenters. The highest BCUT2D eigenvalue weighted by atomic mass is 127. The average molecular weight is 524 g/mol. The van der Waals surface area contributed by atoms with Crippen molar-refractivity contribution in [2.24, 2.45) is 4.99 Å². The highest BCUT2D eigenvalue weighted by Gasteiger charge is 2.32. The number of carbonyl (C=O) groups excluding carboxylic acids is 1. The summed E-state index contributed by atoms with van der Waals surface area (Å²) >= 11 is 3.21. The Hall–Kier alpha value is -2.53. The first-order chi connectivity index (χ1) is 13.8. The van der Waals surface area contributed by atoms with Gasteiger partial charge in [0.1, 0.15) is 0 Å². The molecule has 2 aromatic carbocycles. The maximum atomic E-state index is 12.8. The molecule has 2 N–H and O–H groups in total. The van der Waals surface area contributed by atoms with Gasteiger partial charge in [0.05, 0.1) is 26.8 Å². The third-order valence-corrected chi connectivity index (χ3v) is 5.92. The lowest BCUT2D eigenvalue weighted by Gasteiger charge is -2.12. The number of rotatable bonds is 5. The van der Waals surface area contributed by atoms with Crippen LogP contribution in [0.2, 0.25) is 0 Å². The summed E-state index contributed by atoms with van der Waals surface area (Å²) in [4.78, 5) is 30.5. The number of phenolic OH excluding ortho intramolecular Hbond substituents is 1. The van der Waals surface area contributed by atoms with Crippen LogP contribution in [0.4, 0.5) is 5.69 Å². The van der Waals surface area contributed by atoms with E-state index in [0.717, 1.165) is 0 Å². The van der Waals surface area contributed by atoms with Gasteiger partial charge in [-0.3, -0.25) is 9.69 Å². The Kier molecular flexibility index (Phi) is 6.48. The molecule has 2 aromatic rings. The first kappa shape index (κ1) is 21.2. The number of carboxylic acids is 1. The van der Waals surface area contributed by atoms with Crippen LogP contribution in [0.1, 0.15) is 22.8 Å². The molecular weight excluding hydrogens is 507 g/mol. The fourth-order valence-electron chi connectivity index (χ4n) is 2.67. The molecule has 150 valence electrons. The summed E-state index contributed by atoms with van der Waals surface area (Å²) in [7, 11) is 1.46. The van der Waals surface area contributed by atoms with E-state index in [9.17, 15) is 14.7 Å². The van der Waals surface area contributed by atoms with Gasteiger partial charge in [0.2, 0.25) is 0 Å². The van der Waals surface area contributed by atoms with Crippen molar-refractivity contribution in [3.8, 4) is 11.5 Å². The Morgan fingerprint density at radius 3 is 2.76 bits per heavy atom. The summed E-state index contributed by atoms with van der Waals surface area (Å²) < 4.78 is 5.78. The smallest absolute Gasteiger partial charge is 0.335 e. The number of likely N-dealkylation sites (N-methyl/N-ethyl adjacent to an activating group) is 1. The first-order valence-corrected chi connectivity index (χ1v) is 10.4. The van der Waals surface area contributed by atoms with Crippen LogP contribution in [0.15, 0.2) is 46.3 Å². The number of thioether (sulfide) groups is 1. The summed E-state index contributed by atoms with van der Waals surface area (Å²) in [6, 6.07) is 9.65. The summed E-state index contributed by atoms with van der Waals surface area (Å²) in [5, 5.41) is 19.6. The summed E-state index contributed by atoms with van der Waals surface area (Å²) in [6.07, 6.45) is 1.72. The van der Waals surface area contributed by atoms with Crippen LogP contribution in [0.5, 0.6) is 11.5 Å². The third-order valence-electron chi connectivity index (χ3n) is 4.09. The van der Waals surface area contributed by atoms with Crippen molar-refractivity contribution in [2.75, 3.05) is 13.7 Å². The zero-order chi connectivity index (χ0) is 21.1. The number of ether oxygens (including phenoxy) is 1. The first-order valence-electron chi connectivity index (χ1n) is 8.54. The van der Waals surface area contributed by atoms with Gasteiger partial charge in [-0.05, 0) is 83.2 Å². The molecule has 0 unspecified atom stereocenters. The highest BCUT2D eigenvalue weighted by Crippen LogP contribution is 2.37. The summed E-state index contributed by atoms with van der Waals surface area (Å²) in [5.74, 6) is -0.846. The molecule has 1 aliphatic rings. The van der Waals surface area contributed by atoms with Gasteiger partial charge in [0, 0.05) is 6.54 Å². The number of carbonyl (C=O) groups is 2. The quantitative estimate of drug-likeness (QED) is 0.447. The molecule has 0 saturated carbocycles. The molecule has 0 radical (unpaired) electrons. The molecule has 9 heteroatoms. The van der Waals surface area contributed by atoms with Crippen LogP contribution >= 0.6 is 34.4 Å². The van der Waals surface area contributed by atoms with E-state index >= 15 is 0 Å². The number of aromatic carboxylic acids is 1. The zero-order valence-electron chi connectivity index (χ0n) is 15.5. The number of amidine groups is 1. The third kappa shape index (κ3) is 4.56. The van der Waals surface area contributed by atoms with Gasteiger partial charge in [-0.25, -0.2) is 9.79 Å². The van der Waals surface area contributed by atoms with E-state index in [0.29, 0.717) is 37.2 Å². The molecule has 1 heterocycles. The summed E-state index contributed by atoms with van der Waals surface area (Å²) in [6.45, 7) is 2.27. The molecular formula is C20H17IN2O5S. The molecule has 0 aromatic heterocycles. The standard InChI is InChI=1S/C20H17IN2O5S/c1-3-23-18(25)16(9-11-7-14(21)17(24)15(8-11)28-2)29-20(23)22-13-6-4-5-12(10-13)19(26)27/h4-10,24H,3H2,1-2H3,(H,26,27)/b16-9-,22-20?. The van der Waals surface area contributed by atoms with Gasteiger partial charge >= 0.3 is 5.97 Å². The molecule has 1 amide bonds. The van der Waals surface area contributed by atoms with E-state index in [1.807, 2.05) is 29.5 Å². The average Bonchev–Trinajstić information content (AvgIpc) is 2.98. The van der Waals surface area contributed by atoms with Crippen LogP contribution in [0.25, 0.3) is 6.08 Å². The lowest BCUT2D eigenvalue weighted by Crippen LogP contribution is -2.28. The number of benzene rings is 2. The fourth-order valence-corrected chi connectivity index (χ4v) is 4.36. The number of phenols is 1. The maximum absolute atomic E-state index is 12.8. The van der Waals surface area contributed by atoms with Gasteiger partial charge in [-0.2, -0.15) is 0 Å². The van der Waals surface area contributed by atoms with E-state index in [-0.39, 0.29) is 17.2 Å². The molecule has 0 spiro atoms. The second-order valence-corrected chi connectivity index (χ2v) is 8.13. The van der Waals surface area contributed by atoms with Crippen molar-refractivity contribution in [3.63, 3.8) is 0 Å². The number of methoxy groups -OCH3 is 1. The summed E-state index contributed by atoms with van der Waals surface area (Å²) in [5.41, 5.74) is 1.30. The second kappa shape index (κ2) is 8.87. The molecule has 7 nitrogen and oxygen atoms in total. The minimum Gasteiger partial charge on any atom is -0.504 e. The van der Waals surface area contributed by atoms with E-state index in [1.54, 1.807) is 30.3 Å². The van der Waals surface area contributed by atoms with Gasteiger partial charge in [-0.15, -0.1) is 0 Å². The van der Waals surface area contributed by atoms with E-state index in [2.05, 4.69) is 4.99 Å². The van der Waals surface area contributed by atoms with Crippen molar-refractivity contribution in [1.29, 1.82) is 0 Å². The van der Waals surface area contributed by atoms with Gasteiger partial charge in [0.15, 0.2) is 16.7 Å². The van der Waals surface area contributed by atoms with Crippen LogP contribution in [0, 0.1) is 3.57 Å². The monoisotopic (exact) mass is 524 g/mol. The predicted octanol–water partition coefficient (Wildman–Crippen LogP) is 4.33. The van der Waals surface area contributed by atoms with Crippen molar-refractivity contribution in [3.05, 3.63) is 56.0 Å². The predicted molar refractivity (Wildman–Crippen MR) is 121 cm³/mol. The van der Waals surface area contributed by atoms with Gasteiger partial charge in [-0.1, -0.05) is 6.07 Å². The number of halogens is 1. The molecule has 1 aliphatic heterocycles. The molecule has 3 rings (SSSR count).